The first kappa shape index (κ1) is 13.4. The largest absolute Gasteiger partial charge is 0.394 e. The molecule has 1 heterocycles. The van der Waals surface area contributed by atoms with Crippen molar-refractivity contribution in [2.75, 3.05) is 17.6 Å². The minimum Gasteiger partial charge on any atom is -0.394 e. The standard InChI is InChI=1S/C14H19FN4/c1-3-12-13(16)14(19(2)18-12)17-9-8-10-4-6-11(15)7-5-10/h4-7,17H,3,8-9,16H2,1-2H3. The van der Waals surface area contributed by atoms with Gasteiger partial charge in [-0.1, -0.05) is 19.1 Å². The highest BCUT2D eigenvalue weighted by atomic mass is 19.1. The number of rotatable bonds is 5. The fourth-order valence-electron chi connectivity index (χ4n) is 2.04. The molecule has 1 aromatic carbocycles. The molecule has 0 fully saturated rings. The molecule has 19 heavy (non-hydrogen) atoms. The molecule has 2 aromatic rings. The van der Waals surface area contributed by atoms with Crippen molar-refractivity contribution in [1.29, 1.82) is 0 Å². The molecule has 0 aliphatic rings. The van der Waals surface area contributed by atoms with E-state index in [1.165, 1.54) is 12.1 Å². The summed E-state index contributed by atoms with van der Waals surface area (Å²) in [4.78, 5) is 0. The van der Waals surface area contributed by atoms with Gasteiger partial charge in [0.15, 0.2) is 0 Å². The molecule has 0 saturated carbocycles. The van der Waals surface area contributed by atoms with Gasteiger partial charge in [-0.3, -0.25) is 4.68 Å². The SMILES string of the molecule is CCc1nn(C)c(NCCc2ccc(F)cc2)c1N. The van der Waals surface area contributed by atoms with Gasteiger partial charge in [-0.25, -0.2) is 4.39 Å². The number of nitrogens with zero attached hydrogens (tertiary/aromatic N) is 2. The molecular formula is C14H19FN4. The van der Waals surface area contributed by atoms with Crippen molar-refractivity contribution in [2.24, 2.45) is 7.05 Å². The topological polar surface area (TPSA) is 55.9 Å². The predicted molar refractivity (Wildman–Crippen MR) is 75.6 cm³/mol. The minimum absolute atomic E-state index is 0.208. The van der Waals surface area contributed by atoms with Gasteiger partial charge in [0.05, 0.1) is 11.4 Å². The second-order valence-corrected chi connectivity index (χ2v) is 4.49. The highest BCUT2D eigenvalue weighted by Crippen LogP contribution is 2.22. The number of benzene rings is 1. The molecule has 0 amide bonds. The molecule has 0 bridgehead atoms. The van der Waals surface area contributed by atoms with Crippen LogP contribution >= 0.6 is 0 Å². The minimum atomic E-state index is -0.208. The van der Waals surface area contributed by atoms with Gasteiger partial charge in [0.1, 0.15) is 11.6 Å². The number of nitrogen functional groups attached to an aromatic ring is 1. The Bertz CT molecular complexity index is 545. The molecule has 5 heteroatoms. The molecule has 4 nitrogen and oxygen atoms in total. The third-order valence-corrected chi connectivity index (χ3v) is 3.11. The quantitative estimate of drug-likeness (QED) is 0.869. The average Bonchev–Trinajstić information content (AvgIpc) is 2.68. The van der Waals surface area contributed by atoms with Crippen LogP contribution < -0.4 is 11.1 Å². The maximum atomic E-state index is 12.8. The van der Waals surface area contributed by atoms with Crippen LogP contribution in [0.25, 0.3) is 0 Å². The van der Waals surface area contributed by atoms with Crippen LogP contribution in [0.15, 0.2) is 24.3 Å². The number of aryl methyl sites for hydroxylation is 2. The van der Waals surface area contributed by atoms with Gasteiger partial charge in [0.2, 0.25) is 0 Å². The highest BCUT2D eigenvalue weighted by Gasteiger charge is 2.10. The first-order valence-corrected chi connectivity index (χ1v) is 6.41. The monoisotopic (exact) mass is 262 g/mol. The van der Waals surface area contributed by atoms with E-state index in [1.807, 2.05) is 14.0 Å². The Balaban J connectivity index is 1.96. The third kappa shape index (κ3) is 3.05. The van der Waals surface area contributed by atoms with Crippen molar-refractivity contribution in [3.63, 3.8) is 0 Å². The van der Waals surface area contributed by atoms with Crippen LogP contribution in [-0.4, -0.2) is 16.3 Å². The molecule has 2 rings (SSSR count). The molecule has 0 unspecified atom stereocenters. The average molecular weight is 262 g/mol. The van der Waals surface area contributed by atoms with Gasteiger partial charge < -0.3 is 11.1 Å². The number of nitrogens with one attached hydrogen (secondary N) is 1. The molecule has 1 aromatic heterocycles. The Kier molecular flexibility index (Phi) is 4.04. The molecule has 0 spiro atoms. The number of nitrogens with two attached hydrogens (primary N) is 1. The highest BCUT2D eigenvalue weighted by molar-refractivity contribution is 5.65. The van der Waals surface area contributed by atoms with Crippen molar-refractivity contribution in [1.82, 2.24) is 9.78 Å². The molecular weight excluding hydrogens is 243 g/mol. The summed E-state index contributed by atoms with van der Waals surface area (Å²) < 4.78 is 14.5. The second kappa shape index (κ2) is 5.73. The number of hydrogen-bond acceptors (Lipinski definition) is 3. The van der Waals surface area contributed by atoms with Gasteiger partial charge in [-0.2, -0.15) is 5.10 Å². The summed E-state index contributed by atoms with van der Waals surface area (Å²) in [6.45, 7) is 2.76. The van der Waals surface area contributed by atoms with Crippen LogP contribution in [0.2, 0.25) is 0 Å². The predicted octanol–water partition coefficient (Wildman–Crippen LogP) is 2.36. The number of halogens is 1. The van der Waals surface area contributed by atoms with Crippen LogP contribution in [0.1, 0.15) is 18.2 Å². The summed E-state index contributed by atoms with van der Waals surface area (Å²) in [5.74, 6) is 0.638. The summed E-state index contributed by atoms with van der Waals surface area (Å²) in [6, 6.07) is 6.54. The van der Waals surface area contributed by atoms with Crippen LogP contribution in [0.3, 0.4) is 0 Å². The molecule has 3 N–H and O–H groups in total. The normalized spacial score (nSPS) is 10.7. The number of anilines is 2. The van der Waals surface area contributed by atoms with Crippen LogP contribution in [0.4, 0.5) is 15.9 Å². The summed E-state index contributed by atoms with van der Waals surface area (Å²) in [5, 5.41) is 7.63. The van der Waals surface area contributed by atoms with Gasteiger partial charge >= 0.3 is 0 Å². The lowest BCUT2D eigenvalue weighted by molar-refractivity contribution is 0.627. The van der Waals surface area contributed by atoms with E-state index in [9.17, 15) is 4.39 Å². The van der Waals surface area contributed by atoms with Gasteiger partial charge in [-0.15, -0.1) is 0 Å². The van der Waals surface area contributed by atoms with Crippen molar-refractivity contribution >= 4 is 11.5 Å². The maximum Gasteiger partial charge on any atom is 0.147 e. The number of aromatic nitrogens is 2. The van der Waals surface area contributed by atoms with Gasteiger partial charge in [-0.05, 0) is 30.5 Å². The Morgan fingerprint density at radius 3 is 2.58 bits per heavy atom. The van der Waals surface area contributed by atoms with E-state index < -0.39 is 0 Å². The van der Waals surface area contributed by atoms with E-state index in [2.05, 4.69) is 10.4 Å². The van der Waals surface area contributed by atoms with Gasteiger partial charge in [0.25, 0.3) is 0 Å². The number of hydrogen-bond donors (Lipinski definition) is 2. The summed E-state index contributed by atoms with van der Waals surface area (Å²) in [6.07, 6.45) is 1.63. The van der Waals surface area contributed by atoms with Crippen molar-refractivity contribution in [3.05, 3.63) is 41.3 Å². The lowest BCUT2D eigenvalue weighted by atomic mass is 10.1. The molecule has 0 aliphatic heterocycles. The smallest absolute Gasteiger partial charge is 0.147 e. The van der Waals surface area contributed by atoms with Crippen molar-refractivity contribution in [3.8, 4) is 0 Å². The van der Waals surface area contributed by atoms with E-state index in [4.69, 9.17) is 5.73 Å². The molecule has 0 atom stereocenters. The summed E-state index contributed by atoms with van der Waals surface area (Å²) in [7, 11) is 1.87. The zero-order chi connectivity index (χ0) is 13.8. The Hall–Kier alpha value is -2.04. The van der Waals surface area contributed by atoms with E-state index in [-0.39, 0.29) is 5.82 Å². The van der Waals surface area contributed by atoms with E-state index in [1.54, 1.807) is 16.8 Å². The maximum absolute atomic E-state index is 12.8. The zero-order valence-corrected chi connectivity index (χ0v) is 11.3. The Labute approximate surface area is 112 Å². The lowest BCUT2D eigenvalue weighted by Gasteiger charge is -2.07. The molecule has 0 radical (unpaired) electrons. The first-order chi connectivity index (χ1) is 9.11. The van der Waals surface area contributed by atoms with Crippen LogP contribution in [0, 0.1) is 5.82 Å². The fourth-order valence-corrected chi connectivity index (χ4v) is 2.04. The first-order valence-electron chi connectivity index (χ1n) is 6.41. The molecule has 0 saturated heterocycles. The third-order valence-electron chi connectivity index (χ3n) is 3.11. The Morgan fingerprint density at radius 2 is 2.00 bits per heavy atom. The van der Waals surface area contributed by atoms with Crippen molar-refractivity contribution < 1.29 is 4.39 Å². The van der Waals surface area contributed by atoms with E-state index in [0.29, 0.717) is 5.69 Å². The molecule has 102 valence electrons. The van der Waals surface area contributed by atoms with E-state index in [0.717, 1.165) is 36.5 Å². The Morgan fingerprint density at radius 1 is 1.32 bits per heavy atom. The molecule has 0 aliphatic carbocycles. The fraction of sp³-hybridized carbons (Fsp3) is 0.357. The van der Waals surface area contributed by atoms with E-state index >= 15 is 0 Å². The van der Waals surface area contributed by atoms with Gasteiger partial charge in [0, 0.05) is 13.6 Å². The van der Waals surface area contributed by atoms with Crippen LogP contribution in [-0.2, 0) is 19.9 Å². The lowest BCUT2D eigenvalue weighted by Crippen LogP contribution is -2.10. The summed E-state index contributed by atoms with van der Waals surface area (Å²) >= 11 is 0. The summed E-state index contributed by atoms with van der Waals surface area (Å²) in [5.41, 5.74) is 8.73. The van der Waals surface area contributed by atoms with Crippen LogP contribution in [0.5, 0.6) is 0 Å². The zero-order valence-electron chi connectivity index (χ0n) is 11.3. The second-order valence-electron chi connectivity index (χ2n) is 4.49. The van der Waals surface area contributed by atoms with Crippen molar-refractivity contribution in [2.45, 2.75) is 19.8 Å².